The van der Waals surface area contributed by atoms with Crippen molar-refractivity contribution in [2.75, 3.05) is 12.4 Å². The lowest BCUT2D eigenvalue weighted by Crippen LogP contribution is -2.07. The van der Waals surface area contributed by atoms with Crippen molar-refractivity contribution in [3.05, 3.63) is 28.7 Å². The van der Waals surface area contributed by atoms with Crippen molar-refractivity contribution in [1.82, 2.24) is 15.2 Å². The molecule has 1 aliphatic rings. The normalized spacial score (nSPS) is 18.9. The van der Waals surface area contributed by atoms with Gasteiger partial charge < -0.3 is 4.74 Å². The van der Waals surface area contributed by atoms with Crippen LogP contribution in [-0.4, -0.2) is 33.6 Å². The van der Waals surface area contributed by atoms with Gasteiger partial charge in [-0.05, 0) is 18.9 Å². The summed E-state index contributed by atoms with van der Waals surface area (Å²) in [5.41, 5.74) is 1.03. The van der Waals surface area contributed by atoms with E-state index in [9.17, 15) is 0 Å². The SMILES string of the molecule is Brc1ccccc1-c1nc(SC[C@@H]2CCCO2)n[nH]1. The number of aromatic nitrogens is 3. The first kappa shape index (κ1) is 13.1. The van der Waals surface area contributed by atoms with Crippen LogP contribution < -0.4 is 0 Å². The Morgan fingerprint density at radius 2 is 2.32 bits per heavy atom. The average molecular weight is 340 g/mol. The Morgan fingerprint density at radius 1 is 1.42 bits per heavy atom. The number of aromatic amines is 1. The van der Waals surface area contributed by atoms with Gasteiger partial charge in [0, 0.05) is 22.4 Å². The average Bonchev–Trinajstić information content (AvgIpc) is 3.08. The highest BCUT2D eigenvalue weighted by Crippen LogP contribution is 2.27. The van der Waals surface area contributed by atoms with Crippen molar-refractivity contribution in [2.45, 2.75) is 24.1 Å². The molecule has 0 unspecified atom stereocenters. The van der Waals surface area contributed by atoms with Gasteiger partial charge in [0.05, 0.1) is 6.10 Å². The molecule has 1 aromatic heterocycles. The quantitative estimate of drug-likeness (QED) is 0.866. The van der Waals surface area contributed by atoms with Gasteiger partial charge in [0.15, 0.2) is 5.82 Å². The molecule has 2 aromatic rings. The Bertz CT molecular complexity index is 554. The molecule has 0 radical (unpaired) electrons. The van der Waals surface area contributed by atoms with Crippen molar-refractivity contribution in [2.24, 2.45) is 0 Å². The minimum atomic E-state index is 0.357. The molecule has 1 aliphatic heterocycles. The van der Waals surface area contributed by atoms with Gasteiger partial charge in [-0.2, -0.15) is 0 Å². The second kappa shape index (κ2) is 6.07. The lowest BCUT2D eigenvalue weighted by Gasteiger charge is -2.05. The molecule has 1 fully saturated rings. The summed E-state index contributed by atoms with van der Waals surface area (Å²) < 4.78 is 6.61. The second-order valence-electron chi connectivity index (χ2n) is 4.39. The number of hydrogen-bond donors (Lipinski definition) is 1. The fraction of sp³-hybridized carbons (Fsp3) is 0.385. The van der Waals surface area contributed by atoms with Crippen molar-refractivity contribution in [1.29, 1.82) is 0 Å². The first-order valence-corrected chi connectivity index (χ1v) is 8.02. The lowest BCUT2D eigenvalue weighted by atomic mass is 10.2. The summed E-state index contributed by atoms with van der Waals surface area (Å²) in [4.78, 5) is 4.51. The minimum absolute atomic E-state index is 0.357. The van der Waals surface area contributed by atoms with Gasteiger partial charge in [-0.1, -0.05) is 45.9 Å². The van der Waals surface area contributed by atoms with E-state index in [4.69, 9.17) is 4.74 Å². The largest absolute Gasteiger partial charge is 0.377 e. The maximum absolute atomic E-state index is 5.59. The van der Waals surface area contributed by atoms with E-state index in [2.05, 4.69) is 31.1 Å². The van der Waals surface area contributed by atoms with Crippen molar-refractivity contribution in [3.63, 3.8) is 0 Å². The number of thioether (sulfide) groups is 1. The Morgan fingerprint density at radius 3 is 3.11 bits per heavy atom. The highest BCUT2D eigenvalue weighted by molar-refractivity contribution is 9.10. The summed E-state index contributed by atoms with van der Waals surface area (Å²) in [7, 11) is 0. The highest BCUT2D eigenvalue weighted by Gasteiger charge is 2.17. The number of rotatable bonds is 4. The van der Waals surface area contributed by atoms with E-state index >= 15 is 0 Å². The van der Waals surface area contributed by atoms with Crippen LogP contribution in [0.15, 0.2) is 33.9 Å². The van der Waals surface area contributed by atoms with Gasteiger partial charge in [-0.3, -0.25) is 5.10 Å². The fourth-order valence-corrected chi connectivity index (χ4v) is 3.36. The van der Waals surface area contributed by atoms with Crippen LogP contribution in [0.1, 0.15) is 12.8 Å². The molecule has 0 aliphatic carbocycles. The number of benzene rings is 1. The van der Waals surface area contributed by atoms with Gasteiger partial charge in [0.2, 0.25) is 5.16 Å². The summed E-state index contributed by atoms with van der Waals surface area (Å²) in [6.45, 7) is 0.890. The summed E-state index contributed by atoms with van der Waals surface area (Å²) in [5.74, 6) is 1.72. The van der Waals surface area contributed by atoms with E-state index < -0.39 is 0 Å². The molecule has 0 saturated carbocycles. The van der Waals surface area contributed by atoms with Gasteiger partial charge in [0.1, 0.15) is 0 Å². The molecule has 3 rings (SSSR count). The number of ether oxygens (including phenoxy) is 1. The summed E-state index contributed by atoms with van der Waals surface area (Å²) >= 11 is 5.17. The molecule has 4 nitrogen and oxygen atoms in total. The zero-order valence-corrected chi connectivity index (χ0v) is 12.7. The highest BCUT2D eigenvalue weighted by atomic mass is 79.9. The summed E-state index contributed by atoms with van der Waals surface area (Å²) in [6.07, 6.45) is 2.67. The Kier molecular flexibility index (Phi) is 4.20. The molecular weight excluding hydrogens is 326 g/mol. The molecule has 1 aromatic carbocycles. The molecule has 19 heavy (non-hydrogen) atoms. The fourth-order valence-electron chi connectivity index (χ4n) is 2.03. The monoisotopic (exact) mass is 339 g/mol. The van der Waals surface area contributed by atoms with E-state index in [1.807, 2.05) is 24.3 Å². The number of nitrogens with one attached hydrogen (secondary N) is 1. The van der Waals surface area contributed by atoms with Crippen LogP contribution in [0.3, 0.4) is 0 Å². The molecule has 6 heteroatoms. The third-order valence-corrected chi connectivity index (χ3v) is 4.69. The summed E-state index contributed by atoms with van der Waals surface area (Å²) in [6, 6.07) is 7.98. The van der Waals surface area contributed by atoms with E-state index in [1.54, 1.807) is 11.8 Å². The Labute approximate surface area is 124 Å². The maximum Gasteiger partial charge on any atom is 0.208 e. The number of halogens is 1. The van der Waals surface area contributed by atoms with E-state index in [-0.39, 0.29) is 0 Å². The lowest BCUT2D eigenvalue weighted by molar-refractivity contribution is 0.129. The maximum atomic E-state index is 5.59. The smallest absolute Gasteiger partial charge is 0.208 e. The first-order valence-electron chi connectivity index (χ1n) is 6.24. The van der Waals surface area contributed by atoms with Gasteiger partial charge >= 0.3 is 0 Å². The third kappa shape index (κ3) is 3.19. The predicted molar refractivity (Wildman–Crippen MR) is 79.2 cm³/mol. The topological polar surface area (TPSA) is 50.8 Å². The number of nitrogens with zero attached hydrogens (tertiary/aromatic N) is 2. The van der Waals surface area contributed by atoms with Crippen LogP contribution in [0.4, 0.5) is 0 Å². The van der Waals surface area contributed by atoms with Crippen molar-refractivity contribution >= 4 is 27.7 Å². The Hall–Kier alpha value is -0.850. The zero-order valence-electron chi connectivity index (χ0n) is 10.3. The van der Waals surface area contributed by atoms with E-state index in [1.165, 1.54) is 6.42 Å². The zero-order chi connectivity index (χ0) is 13.1. The molecule has 1 N–H and O–H groups in total. The minimum Gasteiger partial charge on any atom is -0.377 e. The number of hydrogen-bond acceptors (Lipinski definition) is 4. The molecular formula is C13H14BrN3OS. The van der Waals surface area contributed by atoms with Gasteiger partial charge in [-0.25, -0.2) is 4.98 Å². The first-order chi connectivity index (χ1) is 9.33. The van der Waals surface area contributed by atoms with Crippen LogP contribution in [0.25, 0.3) is 11.4 Å². The van der Waals surface area contributed by atoms with Crippen LogP contribution in [0, 0.1) is 0 Å². The Balaban J connectivity index is 1.67. The second-order valence-corrected chi connectivity index (χ2v) is 6.23. The van der Waals surface area contributed by atoms with Crippen LogP contribution >= 0.6 is 27.7 Å². The standard InChI is InChI=1S/C13H14BrN3OS/c14-11-6-2-1-5-10(11)12-15-13(17-16-12)19-8-9-4-3-7-18-9/h1-2,5-6,9H,3-4,7-8H2,(H,15,16,17)/t9-/m0/s1. The molecule has 1 atom stereocenters. The predicted octanol–water partition coefficient (Wildman–Crippen LogP) is 3.51. The molecule has 100 valence electrons. The van der Waals surface area contributed by atoms with Gasteiger partial charge in [-0.15, -0.1) is 5.10 Å². The molecule has 0 bridgehead atoms. The van der Waals surface area contributed by atoms with Crippen molar-refractivity contribution in [3.8, 4) is 11.4 Å². The van der Waals surface area contributed by atoms with Crippen LogP contribution in [-0.2, 0) is 4.74 Å². The van der Waals surface area contributed by atoms with Gasteiger partial charge in [0.25, 0.3) is 0 Å². The summed E-state index contributed by atoms with van der Waals surface area (Å²) in [5, 5.41) is 8.01. The molecule has 0 spiro atoms. The van der Waals surface area contributed by atoms with E-state index in [0.717, 1.165) is 39.8 Å². The molecule has 1 saturated heterocycles. The van der Waals surface area contributed by atoms with Crippen LogP contribution in [0.5, 0.6) is 0 Å². The molecule has 2 heterocycles. The van der Waals surface area contributed by atoms with E-state index in [0.29, 0.717) is 6.10 Å². The van der Waals surface area contributed by atoms with Crippen LogP contribution in [0.2, 0.25) is 0 Å². The molecule has 0 amide bonds. The third-order valence-electron chi connectivity index (χ3n) is 3.02. The van der Waals surface area contributed by atoms with Crippen molar-refractivity contribution < 1.29 is 4.74 Å². The number of H-pyrrole nitrogens is 1.